The summed E-state index contributed by atoms with van der Waals surface area (Å²) in [6.45, 7) is 0. The number of carbonyl (C=O) groups is 1. The second kappa shape index (κ2) is 7.08. The van der Waals surface area contributed by atoms with Crippen molar-refractivity contribution in [3.63, 3.8) is 0 Å². The summed E-state index contributed by atoms with van der Waals surface area (Å²) < 4.78 is 0.800. The number of nitrogens with zero attached hydrogens (tertiary/aromatic N) is 2. The quantitative estimate of drug-likeness (QED) is 0.512. The third-order valence-electron chi connectivity index (χ3n) is 2.18. The molecule has 0 bridgehead atoms. The van der Waals surface area contributed by atoms with Gasteiger partial charge in [0, 0.05) is 6.08 Å². The number of hydrogen-bond acceptors (Lipinski definition) is 5. The summed E-state index contributed by atoms with van der Waals surface area (Å²) in [6, 6.07) is 5.14. The molecule has 0 spiro atoms. The summed E-state index contributed by atoms with van der Waals surface area (Å²) in [5, 5.41) is 11.8. The molecule has 0 saturated heterocycles. The van der Waals surface area contributed by atoms with E-state index in [-0.39, 0.29) is 5.91 Å². The molecule has 1 heterocycles. The Labute approximate surface area is 134 Å². The zero-order valence-corrected chi connectivity index (χ0v) is 13.4. The van der Waals surface area contributed by atoms with Gasteiger partial charge in [-0.05, 0) is 30.0 Å². The van der Waals surface area contributed by atoms with Crippen molar-refractivity contribution in [2.45, 2.75) is 4.34 Å². The molecule has 1 N–H and O–H groups in total. The van der Waals surface area contributed by atoms with Crippen LogP contribution in [0.4, 0.5) is 5.13 Å². The summed E-state index contributed by atoms with van der Waals surface area (Å²) in [4.78, 5) is 11.7. The van der Waals surface area contributed by atoms with Crippen LogP contribution in [0.2, 0.25) is 10.0 Å². The number of anilines is 1. The predicted molar refractivity (Wildman–Crippen MR) is 85.8 cm³/mol. The maximum absolute atomic E-state index is 11.7. The van der Waals surface area contributed by atoms with Gasteiger partial charge in [-0.25, -0.2) is 0 Å². The average molecular weight is 346 g/mol. The van der Waals surface area contributed by atoms with Gasteiger partial charge < -0.3 is 0 Å². The molecule has 0 aliphatic heterocycles. The van der Waals surface area contributed by atoms with Gasteiger partial charge in [-0.2, -0.15) is 0 Å². The van der Waals surface area contributed by atoms with Crippen molar-refractivity contribution in [3.8, 4) is 0 Å². The van der Waals surface area contributed by atoms with Gasteiger partial charge in [0.2, 0.25) is 11.0 Å². The minimum Gasteiger partial charge on any atom is -0.297 e. The summed E-state index contributed by atoms with van der Waals surface area (Å²) >= 11 is 14.5. The van der Waals surface area contributed by atoms with E-state index in [0.717, 1.165) is 9.90 Å². The lowest BCUT2D eigenvalue weighted by atomic mass is 10.2. The second-order valence-corrected chi connectivity index (χ2v) is 6.42. The molecule has 0 aliphatic carbocycles. The predicted octanol–water partition coefficient (Wildman–Crippen LogP) is 4.22. The fourth-order valence-corrected chi connectivity index (χ4v) is 2.76. The molecule has 0 aliphatic rings. The first-order valence-corrected chi connectivity index (χ1v) is 8.20. The number of aromatic nitrogens is 2. The minimum absolute atomic E-state index is 0.278. The van der Waals surface area contributed by atoms with E-state index in [2.05, 4.69) is 15.5 Å². The molecule has 104 valence electrons. The largest absolute Gasteiger partial charge is 0.297 e. The highest BCUT2D eigenvalue weighted by atomic mass is 35.5. The Kier molecular flexibility index (Phi) is 5.42. The molecule has 0 radical (unpaired) electrons. The number of benzene rings is 1. The molecule has 20 heavy (non-hydrogen) atoms. The molecular weight excluding hydrogens is 337 g/mol. The van der Waals surface area contributed by atoms with E-state index in [1.165, 1.54) is 29.2 Å². The van der Waals surface area contributed by atoms with Gasteiger partial charge in [-0.15, -0.1) is 10.2 Å². The molecule has 1 aromatic heterocycles. The van der Waals surface area contributed by atoms with Crippen LogP contribution in [-0.2, 0) is 4.79 Å². The van der Waals surface area contributed by atoms with Crippen LogP contribution in [0.1, 0.15) is 5.56 Å². The molecule has 0 unspecified atom stereocenters. The highest BCUT2D eigenvalue weighted by molar-refractivity contribution is 8.00. The van der Waals surface area contributed by atoms with Crippen molar-refractivity contribution in [2.24, 2.45) is 0 Å². The Morgan fingerprint density at radius 3 is 2.80 bits per heavy atom. The van der Waals surface area contributed by atoms with Gasteiger partial charge in [0.25, 0.3) is 0 Å². The molecule has 1 aromatic carbocycles. The van der Waals surface area contributed by atoms with E-state index in [9.17, 15) is 4.79 Å². The van der Waals surface area contributed by atoms with Crippen molar-refractivity contribution >= 4 is 63.4 Å². The summed E-state index contributed by atoms with van der Waals surface area (Å²) in [5.74, 6) is -0.278. The number of thioether (sulfide) groups is 1. The fourth-order valence-electron chi connectivity index (χ4n) is 1.28. The summed E-state index contributed by atoms with van der Waals surface area (Å²) in [5.41, 5.74) is 0.789. The Balaban J connectivity index is 1.99. The van der Waals surface area contributed by atoms with Crippen LogP contribution in [0.5, 0.6) is 0 Å². The van der Waals surface area contributed by atoms with Crippen molar-refractivity contribution in [1.29, 1.82) is 0 Å². The van der Waals surface area contributed by atoms with Crippen LogP contribution >= 0.6 is 46.3 Å². The maximum atomic E-state index is 11.7. The van der Waals surface area contributed by atoms with Crippen LogP contribution in [0.15, 0.2) is 28.6 Å². The summed E-state index contributed by atoms with van der Waals surface area (Å²) in [6.07, 6.45) is 4.95. The van der Waals surface area contributed by atoms with Crippen LogP contribution in [0.3, 0.4) is 0 Å². The first kappa shape index (κ1) is 15.3. The molecule has 0 fully saturated rings. The molecule has 0 atom stereocenters. The number of amides is 1. The molecular formula is C12H9Cl2N3OS2. The van der Waals surface area contributed by atoms with Crippen molar-refractivity contribution in [2.75, 3.05) is 11.6 Å². The van der Waals surface area contributed by atoms with Gasteiger partial charge >= 0.3 is 0 Å². The first-order chi connectivity index (χ1) is 9.58. The van der Waals surface area contributed by atoms with E-state index < -0.39 is 0 Å². The molecule has 2 rings (SSSR count). The van der Waals surface area contributed by atoms with Crippen molar-refractivity contribution in [3.05, 3.63) is 39.9 Å². The second-order valence-electron chi connectivity index (χ2n) is 3.57. The molecule has 1 amide bonds. The van der Waals surface area contributed by atoms with Crippen molar-refractivity contribution < 1.29 is 4.79 Å². The zero-order valence-electron chi connectivity index (χ0n) is 10.3. The Morgan fingerprint density at radius 2 is 2.15 bits per heavy atom. The fraction of sp³-hybridized carbons (Fsp3) is 0.0833. The van der Waals surface area contributed by atoms with Gasteiger partial charge in [0.15, 0.2) is 4.34 Å². The first-order valence-electron chi connectivity index (χ1n) is 5.40. The van der Waals surface area contributed by atoms with Crippen LogP contribution in [0.25, 0.3) is 6.08 Å². The number of hydrogen-bond donors (Lipinski definition) is 1. The third-order valence-corrected chi connectivity index (χ3v) is 4.74. The lowest BCUT2D eigenvalue weighted by molar-refractivity contribution is -0.111. The normalized spacial score (nSPS) is 10.9. The number of nitrogens with one attached hydrogen (secondary N) is 1. The lowest BCUT2D eigenvalue weighted by Gasteiger charge is -1.98. The lowest BCUT2D eigenvalue weighted by Crippen LogP contribution is -2.07. The highest BCUT2D eigenvalue weighted by Gasteiger charge is 2.05. The van der Waals surface area contributed by atoms with E-state index in [1.807, 2.05) is 6.26 Å². The van der Waals surface area contributed by atoms with E-state index >= 15 is 0 Å². The van der Waals surface area contributed by atoms with Crippen LogP contribution < -0.4 is 5.32 Å². The summed E-state index contributed by atoms with van der Waals surface area (Å²) in [7, 11) is 0. The number of carbonyl (C=O) groups excluding carboxylic acids is 1. The molecule has 2 aromatic rings. The molecule has 8 heteroatoms. The van der Waals surface area contributed by atoms with Gasteiger partial charge in [0.05, 0.1) is 10.0 Å². The minimum atomic E-state index is -0.278. The standard InChI is InChI=1S/C12H9Cl2N3OS2/c1-19-12-17-16-11(20-12)15-10(18)5-3-7-2-4-8(13)9(14)6-7/h2-6H,1H3,(H,15,16,18)/b5-3+. The van der Waals surface area contributed by atoms with Gasteiger partial charge in [-0.3, -0.25) is 10.1 Å². The third kappa shape index (κ3) is 4.21. The van der Waals surface area contributed by atoms with Gasteiger partial charge in [0.1, 0.15) is 0 Å². The topological polar surface area (TPSA) is 54.9 Å². The smallest absolute Gasteiger partial charge is 0.250 e. The number of halogens is 2. The monoisotopic (exact) mass is 345 g/mol. The SMILES string of the molecule is CSc1nnc(NC(=O)/C=C/c2ccc(Cl)c(Cl)c2)s1. The maximum Gasteiger partial charge on any atom is 0.250 e. The van der Waals surface area contributed by atoms with Crippen LogP contribution in [-0.4, -0.2) is 22.4 Å². The van der Waals surface area contributed by atoms with Crippen LogP contribution in [0, 0.1) is 0 Å². The van der Waals surface area contributed by atoms with Crippen molar-refractivity contribution in [1.82, 2.24) is 10.2 Å². The highest BCUT2D eigenvalue weighted by Crippen LogP contribution is 2.24. The Morgan fingerprint density at radius 1 is 1.35 bits per heavy atom. The average Bonchev–Trinajstić information content (AvgIpc) is 2.88. The molecule has 4 nitrogen and oxygen atoms in total. The Bertz CT molecular complexity index is 658. The zero-order chi connectivity index (χ0) is 14.5. The van der Waals surface area contributed by atoms with Gasteiger partial charge in [-0.1, -0.05) is 52.4 Å². The van der Waals surface area contributed by atoms with E-state index in [1.54, 1.807) is 24.3 Å². The molecule has 0 saturated carbocycles. The number of rotatable bonds is 4. The van der Waals surface area contributed by atoms with E-state index in [4.69, 9.17) is 23.2 Å². The Hall–Kier alpha value is -1.08. The van der Waals surface area contributed by atoms with E-state index in [0.29, 0.717) is 15.2 Å².